The van der Waals surface area contributed by atoms with Gasteiger partial charge in [0.15, 0.2) is 0 Å². The number of aromatic hydroxyl groups is 1. The molecule has 7 heteroatoms. The number of nitrogens with zero attached hydrogens (tertiary/aromatic N) is 1. The number of ether oxygens (including phenoxy) is 1. The van der Waals surface area contributed by atoms with Gasteiger partial charge in [-0.25, -0.2) is 0 Å². The quantitative estimate of drug-likeness (QED) is 0.302. The van der Waals surface area contributed by atoms with Gasteiger partial charge in [-0.05, 0) is 67.3 Å². The Balaban J connectivity index is 1.35. The molecule has 0 saturated carbocycles. The molecular weight excluding hydrogens is 538 g/mol. The molecule has 1 N–H and O–H groups in total. The van der Waals surface area contributed by atoms with Crippen molar-refractivity contribution in [3.8, 4) is 5.75 Å². The number of likely N-dealkylation sites (tertiary alicyclic amines) is 1. The molecular formula is C29H32BrNO4S. The Hall–Kier alpha value is -2.22. The van der Waals surface area contributed by atoms with Crippen molar-refractivity contribution >= 4 is 45.2 Å². The molecule has 3 heterocycles. The van der Waals surface area contributed by atoms with Crippen LogP contribution in [0.1, 0.15) is 50.5 Å². The SMILES string of the molecule is C/C(=C\c1cc(Br)ccc1O)CC[C@H]1OC[C@H]2C1=C(C(C)C)C[C@H]1C(=O)N(Cc3cccs3)C(=O)[C@H]12. The number of amides is 2. The average Bonchev–Trinajstić information content (AvgIpc) is 3.56. The van der Waals surface area contributed by atoms with Crippen molar-refractivity contribution < 1.29 is 19.4 Å². The maximum atomic E-state index is 13.5. The third-order valence-corrected chi connectivity index (χ3v) is 9.17. The first-order valence-electron chi connectivity index (χ1n) is 12.6. The summed E-state index contributed by atoms with van der Waals surface area (Å²) in [6.07, 6.45) is 4.27. The number of imide groups is 1. The van der Waals surface area contributed by atoms with E-state index >= 15 is 0 Å². The Labute approximate surface area is 225 Å². The summed E-state index contributed by atoms with van der Waals surface area (Å²) < 4.78 is 7.26. The van der Waals surface area contributed by atoms with Crippen molar-refractivity contribution in [3.05, 3.63) is 67.3 Å². The van der Waals surface area contributed by atoms with E-state index in [-0.39, 0.29) is 41.4 Å². The second kappa shape index (κ2) is 10.3. The van der Waals surface area contributed by atoms with E-state index in [0.29, 0.717) is 25.5 Å². The lowest BCUT2D eigenvalue weighted by Gasteiger charge is -2.33. The van der Waals surface area contributed by atoms with Gasteiger partial charge < -0.3 is 9.84 Å². The largest absolute Gasteiger partial charge is 0.507 e. The molecule has 5 rings (SSSR count). The van der Waals surface area contributed by atoms with Crippen molar-refractivity contribution in [2.75, 3.05) is 6.61 Å². The molecule has 2 aromatic rings. The van der Waals surface area contributed by atoms with Gasteiger partial charge in [0.2, 0.25) is 11.8 Å². The summed E-state index contributed by atoms with van der Waals surface area (Å²) >= 11 is 5.05. The number of thiophene rings is 1. The topological polar surface area (TPSA) is 66.8 Å². The van der Waals surface area contributed by atoms with Gasteiger partial charge in [0, 0.05) is 20.8 Å². The van der Waals surface area contributed by atoms with Gasteiger partial charge in [0.1, 0.15) is 5.75 Å². The first-order valence-corrected chi connectivity index (χ1v) is 14.3. The molecule has 2 fully saturated rings. The van der Waals surface area contributed by atoms with Crippen LogP contribution in [0, 0.1) is 23.7 Å². The van der Waals surface area contributed by atoms with Crippen molar-refractivity contribution in [1.29, 1.82) is 0 Å². The summed E-state index contributed by atoms with van der Waals surface area (Å²) in [6.45, 7) is 7.31. The molecule has 0 spiro atoms. The zero-order valence-electron chi connectivity index (χ0n) is 20.9. The Morgan fingerprint density at radius 3 is 2.78 bits per heavy atom. The average molecular weight is 571 g/mol. The summed E-state index contributed by atoms with van der Waals surface area (Å²) in [6, 6.07) is 9.36. The second-order valence-electron chi connectivity index (χ2n) is 10.5. The van der Waals surface area contributed by atoms with Gasteiger partial charge in [-0.1, -0.05) is 53.1 Å². The number of carbonyl (C=O) groups is 2. The number of fused-ring (bicyclic) bond motifs is 3. The molecule has 190 valence electrons. The first kappa shape index (κ1) is 25.4. The first-order chi connectivity index (χ1) is 17.2. The third-order valence-electron chi connectivity index (χ3n) is 7.82. The highest BCUT2D eigenvalue weighted by Gasteiger charge is 2.57. The fraction of sp³-hybridized carbons (Fsp3) is 0.448. The molecule has 0 radical (unpaired) electrons. The number of phenolic OH excluding ortho intramolecular Hbond substituents is 1. The standard InChI is InChI=1S/C29H32BrNO4S/c1-16(2)21-13-22-27(29(34)31(28(22)33)14-20-5-4-10-36-20)23-15-35-25(26(21)23)9-6-17(3)11-18-12-19(30)7-8-24(18)32/h4-5,7-8,10-12,16,22-23,25,27,32H,6,9,13-15H2,1-3H3/b17-11+/t22-,23+,25-,27-/m1/s1. The maximum Gasteiger partial charge on any atom is 0.234 e. The van der Waals surface area contributed by atoms with Crippen LogP contribution in [-0.2, 0) is 20.9 Å². The van der Waals surface area contributed by atoms with Crippen LogP contribution >= 0.6 is 27.3 Å². The molecule has 3 aliphatic rings. The maximum absolute atomic E-state index is 13.5. The van der Waals surface area contributed by atoms with Gasteiger partial charge >= 0.3 is 0 Å². The minimum atomic E-state index is -0.310. The Morgan fingerprint density at radius 1 is 1.25 bits per heavy atom. The summed E-state index contributed by atoms with van der Waals surface area (Å²) in [5.74, 6) is -0.0935. The van der Waals surface area contributed by atoms with Crippen LogP contribution in [0.25, 0.3) is 6.08 Å². The zero-order chi connectivity index (χ0) is 25.6. The predicted molar refractivity (Wildman–Crippen MR) is 145 cm³/mol. The van der Waals surface area contributed by atoms with Crippen LogP contribution in [0.4, 0.5) is 0 Å². The predicted octanol–water partition coefficient (Wildman–Crippen LogP) is 6.57. The molecule has 4 atom stereocenters. The van der Waals surface area contributed by atoms with Crippen LogP contribution in [0.3, 0.4) is 0 Å². The van der Waals surface area contributed by atoms with E-state index in [9.17, 15) is 14.7 Å². The number of phenols is 1. The van der Waals surface area contributed by atoms with Crippen molar-refractivity contribution in [3.63, 3.8) is 0 Å². The highest BCUT2D eigenvalue weighted by Crippen LogP contribution is 2.51. The number of hydrogen-bond donors (Lipinski definition) is 1. The van der Waals surface area contributed by atoms with Crippen molar-refractivity contribution in [1.82, 2.24) is 4.90 Å². The van der Waals surface area contributed by atoms with Gasteiger partial charge in [-0.3, -0.25) is 14.5 Å². The van der Waals surface area contributed by atoms with E-state index in [1.54, 1.807) is 17.4 Å². The Morgan fingerprint density at radius 2 is 2.06 bits per heavy atom. The third kappa shape index (κ3) is 4.73. The number of rotatable bonds is 7. The van der Waals surface area contributed by atoms with Gasteiger partial charge in [-0.15, -0.1) is 11.3 Å². The van der Waals surface area contributed by atoms with E-state index in [4.69, 9.17) is 4.74 Å². The fourth-order valence-corrected chi connectivity index (χ4v) is 7.15. The number of carbonyl (C=O) groups excluding carboxylic acids is 2. The molecule has 5 nitrogen and oxygen atoms in total. The van der Waals surface area contributed by atoms with Crippen LogP contribution < -0.4 is 0 Å². The normalized spacial score (nSPS) is 26.2. The minimum absolute atomic E-state index is 0.0191. The lowest BCUT2D eigenvalue weighted by molar-refractivity contribution is -0.140. The van der Waals surface area contributed by atoms with E-state index in [1.165, 1.54) is 16.0 Å². The van der Waals surface area contributed by atoms with E-state index in [1.807, 2.05) is 35.7 Å². The van der Waals surface area contributed by atoms with Crippen LogP contribution in [0.2, 0.25) is 0 Å². The van der Waals surface area contributed by atoms with E-state index < -0.39 is 0 Å². The molecule has 1 aromatic heterocycles. The highest BCUT2D eigenvalue weighted by atomic mass is 79.9. The summed E-state index contributed by atoms with van der Waals surface area (Å²) in [5, 5.41) is 12.2. The van der Waals surface area contributed by atoms with Crippen LogP contribution in [0.5, 0.6) is 5.75 Å². The summed E-state index contributed by atoms with van der Waals surface area (Å²) in [7, 11) is 0. The smallest absolute Gasteiger partial charge is 0.234 e. The zero-order valence-corrected chi connectivity index (χ0v) is 23.3. The Kier molecular flexibility index (Phi) is 7.25. The molecule has 0 bridgehead atoms. The number of halogens is 1. The molecule has 0 unspecified atom stereocenters. The second-order valence-corrected chi connectivity index (χ2v) is 12.4. The van der Waals surface area contributed by atoms with E-state index in [2.05, 4.69) is 36.7 Å². The van der Waals surface area contributed by atoms with E-state index in [0.717, 1.165) is 33.3 Å². The van der Waals surface area contributed by atoms with Crippen molar-refractivity contribution in [2.45, 2.75) is 52.7 Å². The molecule has 1 aromatic carbocycles. The number of allylic oxidation sites excluding steroid dienone is 2. The summed E-state index contributed by atoms with van der Waals surface area (Å²) in [4.78, 5) is 29.4. The molecule has 2 saturated heterocycles. The Bertz CT molecular complexity index is 1230. The molecule has 2 amide bonds. The summed E-state index contributed by atoms with van der Waals surface area (Å²) in [5.41, 5.74) is 4.51. The van der Waals surface area contributed by atoms with Crippen molar-refractivity contribution in [2.24, 2.45) is 23.7 Å². The van der Waals surface area contributed by atoms with Gasteiger partial charge in [-0.2, -0.15) is 0 Å². The molecule has 36 heavy (non-hydrogen) atoms. The minimum Gasteiger partial charge on any atom is -0.507 e. The van der Waals surface area contributed by atoms with Crippen LogP contribution in [0.15, 0.2) is 56.9 Å². The van der Waals surface area contributed by atoms with Gasteiger partial charge in [0.25, 0.3) is 0 Å². The number of benzene rings is 1. The molecule has 2 aliphatic heterocycles. The molecule has 1 aliphatic carbocycles. The lowest BCUT2D eigenvalue weighted by atomic mass is 9.67. The lowest BCUT2D eigenvalue weighted by Crippen LogP contribution is -2.35. The number of hydrogen-bond acceptors (Lipinski definition) is 5. The highest BCUT2D eigenvalue weighted by molar-refractivity contribution is 9.10. The van der Waals surface area contributed by atoms with Gasteiger partial charge in [0.05, 0.1) is 31.1 Å². The van der Waals surface area contributed by atoms with Crippen LogP contribution in [-0.4, -0.2) is 34.5 Å². The fourth-order valence-electron chi connectivity index (χ4n) is 6.08. The monoisotopic (exact) mass is 569 g/mol.